The molecule has 0 aliphatic rings. The van der Waals surface area contributed by atoms with Crippen molar-refractivity contribution in [3.63, 3.8) is 0 Å². The lowest BCUT2D eigenvalue weighted by Crippen LogP contribution is -2.25. The fourth-order valence-electron chi connectivity index (χ4n) is 5.56. The quantitative estimate of drug-likeness (QED) is 0.0515. The zero-order chi connectivity index (χ0) is 32.5. The summed E-state index contributed by atoms with van der Waals surface area (Å²) in [6.07, 6.45) is 28.3. The molecule has 44 heavy (non-hydrogen) atoms. The molecule has 2 atom stereocenters. The predicted octanol–water partition coefficient (Wildman–Crippen LogP) is 11.0. The minimum Gasteiger partial charge on any atom is -0.465 e. The van der Waals surface area contributed by atoms with Crippen LogP contribution in [-0.2, 0) is 19.1 Å². The van der Waals surface area contributed by atoms with Crippen molar-refractivity contribution in [2.75, 3.05) is 45.4 Å². The fraction of sp³-hybridized carbons (Fsp3) is 0.947. The van der Waals surface area contributed by atoms with Crippen LogP contribution in [0.1, 0.15) is 175 Å². The third-order valence-corrected chi connectivity index (χ3v) is 9.87. The molecule has 0 rings (SSSR count). The summed E-state index contributed by atoms with van der Waals surface area (Å²) in [7, 11) is 4.14. The van der Waals surface area contributed by atoms with E-state index in [1.807, 2.05) is 11.8 Å². The Hall–Kier alpha value is -0.750. The molecule has 0 aliphatic carbocycles. The summed E-state index contributed by atoms with van der Waals surface area (Å²) in [5.41, 5.74) is 0. The Morgan fingerprint density at radius 1 is 0.614 bits per heavy atom. The summed E-state index contributed by atoms with van der Waals surface area (Å²) < 4.78 is 11.4. The zero-order valence-corrected chi connectivity index (χ0v) is 31.0. The maximum absolute atomic E-state index is 12.8. The highest BCUT2D eigenvalue weighted by molar-refractivity contribution is 7.99. The number of carbonyl (C=O) groups is 2. The number of esters is 2. The first-order chi connectivity index (χ1) is 21.4. The van der Waals surface area contributed by atoms with Crippen LogP contribution in [0.25, 0.3) is 0 Å². The lowest BCUT2D eigenvalue weighted by molar-refractivity contribution is -0.148. The van der Waals surface area contributed by atoms with Crippen LogP contribution in [0.2, 0.25) is 0 Å². The van der Waals surface area contributed by atoms with Crippen molar-refractivity contribution < 1.29 is 19.1 Å². The number of hydrogen-bond acceptors (Lipinski definition) is 6. The van der Waals surface area contributed by atoms with E-state index in [0.717, 1.165) is 63.0 Å². The van der Waals surface area contributed by atoms with Gasteiger partial charge in [0.15, 0.2) is 0 Å². The molecule has 0 aliphatic heterocycles. The van der Waals surface area contributed by atoms with Crippen LogP contribution in [0.5, 0.6) is 0 Å². The van der Waals surface area contributed by atoms with Gasteiger partial charge in [-0.3, -0.25) is 9.59 Å². The third kappa shape index (κ3) is 29.9. The number of rotatable bonds is 34. The normalized spacial score (nSPS) is 12.9. The van der Waals surface area contributed by atoms with Gasteiger partial charge in [-0.2, -0.15) is 11.8 Å². The molecule has 0 aromatic carbocycles. The molecule has 0 bridgehead atoms. The summed E-state index contributed by atoms with van der Waals surface area (Å²) >= 11 is 1.93. The van der Waals surface area contributed by atoms with Gasteiger partial charge in [-0.05, 0) is 70.8 Å². The molecule has 0 aromatic heterocycles. The SMILES string of the molecule is CCCCCCCCCSCC(CCN(C)C)C(=O)OCCCCCCCCCC(=O)OCC(CCCC)CCCCCC. The second-order valence-electron chi connectivity index (χ2n) is 13.4. The monoisotopic (exact) mass is 642 g/mol. The van der Waals surface area contributed by atoms with Gasteiger partial charge in [-0.15, -0.1) is 0 Å². The average Bonchev–Trinajstić information content (AvgIpc) is 3.01. The van der Waals surface area contributed by atoms with Crippen molar-refractivity contribution in [2.45, 2.75) is 175 Å². The zero-order valence-electron chi connectivity index (χ0n) is 30.1. The molecule has 262 valence electrons. The molecule has 0 amide bonds. The van der Waals surface area contributed by atoms with E-state index in [1.165, 1.54) is 103 Å². The average molecular weight is 642 g/mol. The Balaban J connectivity index is 3.91. The second kappa shape index (κ2) is 33.6. The van der Waals surface area contributed by atoms with Gasteiger partial charge in [-0.1, -0.05) is 130 Å². The maximum Gasteiger partial charge on any atom is 0.309 e. The van der Waals surface area contributed by atoms with Crippen molar-refractivity contribution in [3.8, 4) is 0 Å². The summed E-state index contributed by atoms with van der Waals surface area (Å²) in [5.74, 6) is 2.57. The van der Waals surface area contributed by atoms with Crippen LogP contribution < -0.4 is 0 Å². The summed E-state index contributed by atoms with van der Waals surface area (Å²) in [5, 5.41) is 0. The standard InChI is InChI=1S/C38H75NO4S/c1-6-9-12-14-18-21-25-32-44-34-36(29-30-39(4)5)38(41)42-31-24-20-17-15-16-19-23-28-37(40)43-33-35(26-11-8-3)27-22-13-10-7-2/h35-36H,6-34H2,1-5H3. The molecule has 0 saturated carbocycles. The molecule has 0 N–H and O–H groups in total. The lowest BCUT2D eigenvalue weighted by atomic mass is 9.96. The first-order valence-corrected chi connectivity index (χ1v) is 20.1. The number of ether oxygens (including phenoxy) is 2. The van der Waals surface area contributed by atoms with E-state index in [1.54, 1.807) is 0 Å². The highest BCUT2D eigenvalue weighted by Crippen LogP contribution is 2.20. The van der Waals surface area contributed by atoms with E-state index in [4.69, 9.17) is 9.47 Å². The number of thioether (sulfide) groups is 1. The number of unbranched alkanes of at least 4 members (excludes halogenated alkanes) is 16. The first-order valence-electron chi connectivity index (χ1n) is 19.0. The van der Waals surface area contributed by atoms with Gasteiger partial charge in [-0.25, -0.2) is 0 Å². The molecule has 0 spiro atoms. The molecular formula is C38H75NO4S. The molecule has 0 aromatic rings. The van der Waals surface area contributed by atoms with Crippen molar-refractivity contribution in [3.05, 3.63) is 0 Å². The Morgan fingerprint density at radius 3 is 1.80 bits per heavy atom. The molecule has 0 saturated heterocycles. The minimum absolute atomic E-state index is 0.000945. The van der Waals surface area contributed by atoms with Gasteiger partial charge in [0.2, 0.25) is 0 Å². The van der Waals surface area contributed by atoms with Gasteiger partial charge in [0.1, 0.15) is 0 Å². The third-order valence-electron chi connectivity index (χ3n) is 8.65. The van der Waals surface area contributed by atoms with E-state index < -0.39 is 0 Å². The number of carbonyl (C=O) groups excluding carboxylic acids is 2. The maximum atomic E-state index is 12.8. The van der Waals surface area contributed by atoms with Crippen LogP contribution in [-0.4, -0.2) is 62.2 Å². The molecule has 5 nitrogen and oxygen atoms in total. The van der Waals surface area contributed by atoms with Crippen LogP contribution >= 0.6 is 11.8 Å². The van der Waals surface area contributed by atoms with Gasteiger partial charge < -0.3 is 14.4 Å². The van der Waals surface area contributed by atoms with Gasteiger partial charge in [0.05, 0.1) is 19.1 Å². The summed E-state index contributed by atoms with van der Waals surface area (Å²) in [4.78, 5) is 27.2. The molecule has 0 heterocycles. The highest BCUT2D eigenvalue weighted by atomic mass is 32.2. The lowest BCUT2D eigenvalue weighted by Gasteiger charge is -2.18. The molecule has 6 heteroatoms. The van der Waals surface area contributed by atoms with Crippen LogP contribution in [0.15, 0.2) is 0 Å². The van der Waals surface area contributed by atoms with E-state index in [2.05, 4.69) is 39.8 Å². The molecule has 0 radical (unpaired) electrons. The smallest absolute Gasteiger partial charge is 0.309 e. The van der Waals surface area contributed by atoms with E-state index in [-0.39, 0.29) is 17.9 Å². The first kappa shape index (κ1) is 43.2. The van der Waals surface area contributed by atoms with Gasteiger partial charge in [0, 0.05) is 12.2 Å². The molecular weight excluding hydrogens is 566 g/mol. The number of nitrogens with zero attached hydrogens (tertiary/aromatic N) is 1. The fourth-order valence-corrected chi connectivity index (χ4v) is 6.72. The van der Waals surface area contributed by atoms with Crippen molar-refractivity contribution in [2.24, 2.45) is 11.8 Å². The Kier molecular flexibility index (Phi) is 33.0. The van der Waals surface area contributed by atoms with Gasteiger partial charge >= 0.3 is 11.9 Å². The summed E-state index contributed by atoms with van der Waals surface area (Å²) in [6, 6.07) is 0. The van der Waals surface area contributed by atoms with Crippen molar-refractivity contribution >= 4 is 23.7 Å². The minimum atomic E-state index is -0.0121. The van der Waals surface area contributed by atoms with E-state index in [9.17, 15) is 9.59 Å². The second-order valence-corrected chi connectivity index (χ2v) is 14.6. The van der Waals surface area contributed by atoms with Gasteiger partial charge in [0.25, 0.3) is 0 Å². The van der Waals surface area contributed by atoms with Crippen LogP contribution in [0.4, 0.5) is 0 Å². The van der Waals surface area contributed by atoms with Crippen LogP contribution in [0.3, 0.4) is 0 Å². The largest absolute Gasteiger partial charge is 0.465 e. The summed E-state index contributed by atoms with van der Waals surface area (Å²) in [6.45, 7) is 8.83. The van der Waals surface area contributed by atoms with Crippen molar-refractivity contribution in [1.29, 1.82) is 0 Å². The molecule has 0 fully saturated rings. The Morgan fingerprint density at radius 2 is 1.16 bits per heavy atom. The predicted molar refractivity (Wildman–Crippen MR) is 193 cm³/mol. The molecule has 2 unspecified atom stereocenters. The topological polar surface area (TPSA) is 55.8 Å². The number of hydrogen-bond donors (Lipinski definition) is 0. The Labute approximate surface area is 279 Å². The highest BCUT2D eigenvalue weighted by Gasteiger charge is 2.20. The van der Waals surface area contributed by atoms with Crippen LogP contribution in [0, 0.1) is 11.8 Å². The van der Waals surface area contributed by atoms with E-state index in [0.29, 0.717) is 25.6 Å². The Bertz CT molecular complexity index is 630. The van der Waals surface area contributed by atoms with E-state index >= 15 is 0 Å². The van der Waals surface area contributed by atoms with Crippen molar-refractivity contribution in [1.82, 2.24) is 4.90 Å².